The van der Waals surface area contributed by atoms with Crippen LogP contribution >= 0.6 is 0 Å². The third-order valence-electron chi connectivity index (χ3n) is 4.41. The second-order valence-corrected chi connectivity index (χ2v) is 5.60. The first-order valence-corrected chi connectivity index (χ1v) is 7.41. The van der Waals surface area contributed by atoms with Crippen LogP contribution in [0, 0.1) is 0 Å². The van der Waals surface area contributed by atoms with Gasteiger partial charge >= 0.3 is 0 Å². The van der Waals surface area contributed by atoms with Crippen molar-refractivity contribution in [2.75, 3.05) is 6.54 Å². The Kier molecular flexibility index (Phi) is 3.51. The van der Waals surface area contributed by atoms with Gasteiger partial charge in [0.05, 0.1) is 6.04 Å². The predicted molar refractivity (Wildman–Crippen MR) is 76.5 cm³/mol. The molecule has 2 aliphatic heterocycles. The minimum atomic E-state index is 0.547. The van der Waals surface area contributed by atoms with Crippen LogP contribution in [0.2, 0.25) is 0 Å². The summed E-state index contributed by atoms with van der Waals surface area (Å²) in [5, 5.41) is 0. The van der Waals surface area contributed by atoms with Crippen LogP contribution in [-0.2, 0) is 0 Å². The molecule has 0 N–H and O–H groups in total. The fraction of sp³-hybridized carbons (Fsp3) is 0.529. The molecule has 0 aliphatic carbocycles. The summed E-state index contributed by atoms with van der Waals surface area (Å²) < 4.78 is 0. The van der Waals surface area contributed by atoms with E-state index in [1.54, 1.807) is 5.57 Å². The maximum atomic E-state index is 2.71. The molecule has 1 heteroatoms. The molecule has 2 unspecified atom stereocenters. The summed E-state index contributed by atoms with van der Waals surface area (Å²) in [4.78, 5) is 2.71. The number of rotatable bonds is 4. The molecule has 0 bridgehead atoms. The fourth-order valence-corrected chi connectivity index (χ4v) is 3.50. The van der Waals surface area contributed by atoms with Gasteiger partial charge in [0, 0.05) is 6.04 Å². The molecule has 1 aromatic rings. The second kappa shape index (κ2) is 5.27. The molecule has 96 valence electrons. The van der Waals surface area contributed by atoms with Crippen molar-refractivity contribution in [3.63, 3.8) is 0 Å². The number of unbranched alkanes of at least 4 members (excludes halogenated alkanes) is 1. The Hall–Kier alpha value is -1.08. The van der Waals surface area contributed by atoms with Gasteiger partial charge in [0.25, 0.3) is 0 Å². The first kappa shape index (κ1) is 12.0. The van der Waals surface area contributed by atoms with Gasteiger partial charge in [0.2, 0.25) is 0 Å². The third-order valence-corrected chi connectivity index (χ3v) is 4.41. The fourth-order valence-electron chi connectivity index (χ4n) is 3.50. The van der Waals surface area contributed by atoms with E-state index in [9.17, 15) is 0 Å². The van der Waals surface area contributed by atoms with Gasteiger partial charge in [-0.05, 0) is 37.8 Å². The molecule has 2 aliphatic rings. The van der Waals surface area contributed by atoms with E-state index in [0.29, 0.717) is 6.04 Å². The molecule has 2 heterocycles. The van der Waals surface area contributed by atoms with Crippen LogP contribution in [0.5, 0.6) is 0 Å². The van der Waals surface area contributed by atoms with Crippen molar-refractivity contribution >= 4 is 0 Å². The molecule has 0 aromatic heterocycles. The van der Waals surface area contributed by atoms with Crippen LogP contribution in [0.3, 0.4) is 0 Å². The normalized spacial score (nSPS) is 27.3. The van der Waals surface area contributed by atoms with E-state index in [4.69, 9.17) is 0 Å². The highest BCUT2D eigenvalue weighted by atomic mass is 15.2. The molecule has 1 aromatic carbocycles. The van der Waals surface area contributed by atoms with Gasteiger partial charge in [0.15, 0.2) is 0 Å². The van der Waals surface area contributed by atoms with Crippen LogP contribution in [0.1, 0.15) is 50.6 Å². The topological polar surface area (TPSA) is 3.24 Å². The van der Waals surface area contributed by atoms with Gasteiger partial charge in [-0.1, -0.05) is 55.3 Å². The van der Waals surface area contributed by atoms with Gasteiger partial charge in [-0.2, -0.15) is 0 Å². The second-order valence-electron chi connectivity index (χ2n) is 5.60. The highest BCUT2D eigenvalue weighted by Gasteiger charge is 2.37. The molecule has 1 saturated heterocycles. The SMILES string of the molecule is CCCCC1=CC(c2ccccc2)N2CCCC12. The van der Waals surface area contributed by atoms with E-state index in [-0.39, 0.29) is 0 Å². The lowest BCUT2D eigenvalue weighted by Crippen LogP contribution is -2.27. The van der Waals surface area contributed by atoms with Crippen LogP contribution in [0.4, 0.5) is 0 Å². The summed E-state index contributed by atoms with van der Waals surface area (Å²) in [5.74, 6) is 0. The Labute approximate surface area is 111 Å². The van der Waals surface area contributed by atoms with E-state index in [1.165, 1.54) is 44.2 Å². The summed E-state index contributed by atoms with van der Waals surface area (Å²) in [6, 6.07) is 12.3. The Morgan fingerprint density at radius 1 is 1.22 bits per heavy atom. The number of hydrogen-bond donors (Lipinski definition) is 0. The zero-order valence-corrected chi connectivity index (χ0v) is 11.3. The van der Waals surface area contributed by atoms with Gasteiger partial charge < -0.3 is 0 Å². The highest BCUT2D eigenvalue weighted by molar-refractivity contribution is 5.32. The van der Waals surface area contributed by atoms with Crippen LogP contribution < -0.4 is 0 Å². The highest BCUT2D eigenvalue weighted by Crippen LogP contribution is 2.41. The molecule has 1 nitrogen and oxygen atoms in total. The Bertz CT molecular complexity index is 420. The van der Waals surface area contributed by atoms with E-state index in [0.717, 1.165) is 6.04 Å². The minimum Gasteiger partial charge on any atom is -0.286 e. The van der Waals surface area contributed by atoms with Gasteiger partial charge in [-0.15, -0.1) is 0 Å². The largest absolute Gasteiger partial charge is 0.286 e. The van der Waals surface area contributed by atoms with Crippen LogP contribution in [0.25, 0.3) is 0 Å². The van der Waals surface area contributed by atoms with Crippen molar-refractivity contribution in [1.82, 2.24) is 4.90 Å². The van der Waals surface area contributed by atoms with Crippen molar-refractivity contribution in [2.24, 2.45) is 0 Å². The molecule has 18 heavy (non-hydrogen) atoms. The Morgan fingerprint density at radius 2 is 2.06 bits per heavy atom. The molecular formula is C17H23N. The summed E-state index contributed by atoms with van der Waals surface area (Å²) in [5.41, 5.74) is 3.18. The maximum Gasteiger partial charge on any atom is 0.0540 e. The number of hydrogen-bond acceptors (Lipinski definition) is 1. The summed E-state index contributed by atoms with van der Waals surface area (Å²) in [7, 11) is 0. The van der Waals surface area contributed by atoms with Gasteiger partial charge in [-0.25, -0.2) is 0 Å². The van der Waals surface area contributed by atoms with E-state index in [2.05, 4.69) is 48.2 Å². The zero-order valence-electron chi connectivity index (χ0n) is 11.3. The monoisotopic (exact) mass is 241 g/mol. The quantitative estimate of drug-likeness (QED) is 0.709. The maximum absolute atomic E-state index is 2.71. The average Bonchev–Trinajstić information content (AvgIpc) is 3.00. The average molecular weight is 241 g/mol. The predicted octanol–water partition coefficient (Wildman–Crippen LogP) is 4.32. The molecule has 0 spiro atoms. The lowest BCUT2D eigenvalue weighted by molar-refractivity contribution is 0.260. The zero-order chi connectivity index (χ0) is 12.4. The standard InChI is InChI=1S/C17H23N/c1-2-3-8-15-13-17(14-9-5-4-6-10-14)18-12-7-11-16(15)18/h4-6,9-10,13,16-17H,2-3,7-8,11-12H2,1H3. The molecule has 0 radical (unpaired) electrons. The lowest BCUT2D eigenvalue weighted by Gasteiger charge is -2.25. The summed E-state index contributed by atoms with van der Waals surface area (Å²) in [6.45, 7) is 3.56. The smallest absolute Gasteiger partial charge is 0.0540 e. The first-order valence-electron chi connectivity index (χ1n) is 7.41. The lowest BCUT2D eigenvalue weighted by atomic mass is 10.00. The van der Waals surface area contributed by atoms with Crippen molar-refractivity contribution in [3.05, 3.63) is 47.5 Å². The van der Waals surface area contributed by atoms with E-state index >= 15 is 0 Å². The number of fused-ring (bicyclic) bond motifs is 1. The van der Waals surface area contributed by atoms with Gasteiger partial charge in [-0.3, -0.25) is 4.90 Å². The molecule has 3 rings (SSSR count). The Morgan fingerprint density at radius 3 is 2.83 bits per heavy atom. The van der Waals surface area contributed by atoms with Crippen molar-refractivity contribution in [3.8, 4) is 0 Å². The molecular weight excluding hydrogens is 218 g/mol. The Balaban J connectivity index is 1.84. The summed E-state index contributed by atoms with van der Waals surface area (Å²) >= 11 is 0. The number of nitrogens with zero attached hydrogens (tertiary/aromatic N) is 1. The molecule has 1 fully saturated rings. The van der Waals surface area contributed by atoms with Crippen LogP contribution in [0.15, 0.2) is 42.0 Å². The number of benzene rings is 1. The van der Waals surface area contributed by atoms with E-state index in [1.807, 2.05) is 0 Å². The molecule has 2 atom stereocenters. The molecule has 0 saturated carbocycles. The van der Waals surface area contributed by atoms with Gasteiger partial charge in [0.1, 0.15) is 0 Å². The van der Waals surface area contributed by atoms with E-state index < -0.39 is 0 Å². The first-order chi connectivity index (χ1) is 8.90. The van der Waals surface area contributed by atoms with Crippen molar-refractivity contribution in [1.29, 1.82) is 0 Å². The third kappa shape index (κ3) is 2.12. The van der Waals surface area contributed by atoms with Crippen molar-refractivity contribution in [2.45, 2.75) is 51.1 Å². The van der Waals surface area contributed by atoms with Crippen LogP contribution in [-0.4, -0.2) is 17.5 Å². The summed E-state index contributed by atoms with van der Waals surface area (Å²) in [6.07, 6.45) is 9.25. The van der Waals surface area contributed by atoms with Crippen molar-refractivity contribution < 1.29 is 0 Å². The molecule has 0 amide bonds. The minimum absolute atomic E-state index is 0.547.